The predicted molar refractivity (Wildman–Crippen MR) is 82.5 cm³/mol. The maximum absolute atomic E-state index is 8.82. The summed E-state index contributed by atoms with van der Waals surface area (Å²) in [6, 6.07) is 10.9. The molecule has 2 rings (SSSR count). The average Bonchev–Trinajstić information content (AvgIpc) is 2.53. The molecule has 3 heteroatoms. The van der Waals surface area contributed by atoms with E-state index in [0.717, 1.165) is 12.1 Å². The SMILES string of the molecule is CC(NCC(C)N1CCCCC1)c1ccc(C#N)cc1. The van der Waals surface area contributed by atoms with Gasteiger partial charge in [-0.15, -0.1) is 0 Å². The highest BCUT2D eigenvalue weighted by Gasteiger charge is 2.17. The van der Waals surface area contributed by atoms with E-state index in [1.807, 2.05) is 24.3 Å². The molecule has 0 bridgehead atoms. The van der Waals surface area contributed by atoms with Gasteiger partial charge in [-0.25, -0.2) is 0 Å². The molecule has 108 valence electrons. The van der Waals surface area contributed by atoms with Gasteiger partial charge in [0.2, 0.25) is 0 Å². The number of hydrogen-bond acceptors (Lipinski definition) is 3. The van der Waals surface area contributed by atoms with Crippen LogP contribution in [0.3, 0.4) is 0 Å². The van der Waals surface area contributed by atoms with Gasteiger partial charge in [0.05, 0.1) is 11.6 Å². The monoisotopic (exact) mass is 271 g/mol. The number of nitrogens with one attached hydrogen (secondary N) is 1. The molecule has 20 heavy (non-hydrogen) atoms. The van der Waals surface area contributed by atoms with E-state index in [9.17, 15) is 0 Å². The second-order valence-electron chi connectivity index (χ2n) is 5.81. The summed E-state index contributed by atoms with van der Waals surface area (Å²) >= 11 is 0. The van der Waals surface area contributed by atoms with Gasteiger partial charge in [0.1, 0.15) is 0 Å². The molecule has 0 amide bonds. The highest BCUT2D eigenvalue weighted by Crippen LogP contribution is 2.15. The first kappa shape index (κ1) is 15.0. The number of rotatable bonds is 5. The van der Waals surface area contributed by atoms with Crippen molar-refractivity contribution in [1.82, 2.24) is 10.2 Å². The first-order valence-corrected chi connectivity index (χ1v) is 7.68. The molecule has 0 spiro atoms. The quantitative estimate of drug-likeness (QED) is 0.894. The number of piperidine rings is 1. The summed E-state index contributed by atoms with van der Waals surface area (Å²) < 4.78 is 0. The summed E-state index contributed by atoms with van der Waals surface area (Å²) in [6.45, 7) is 8.00. The second-order valence-corrected chi connectivity index (χ2v) is 5.81. The van der Waals surface area contributed by atoms with Crippen molar-refractivity contribution < 1.29 is 0 Å². The lowest BCUT2D eigenvalue weighted by Gasteiger charge is -2.33. The Kier molecular flexibility index (Phi) is 5.58. The molecular formula is C17H25N3. The number of hydrogen-bond donors (Lipinski definition) is 1. The summed E-state index contributed by atoms with van der Waals surface area (Å²) in [5.41, 5.74) is 1.97. The van der Waals surface area contributed by atoms with Crippen molar-refractivity contribution in [3.63, 3.8) is 0 Å². The summed E-state index contributed by atoms with van der Waals surface area (Å²) in [5.74, 6) is 0. The van der Waals surface area contributed by atoms with E-state index in [0.29, 0.717) is 12.1 Å². The van der Waals surface area contributed by atoms with Crippen LogP contribution in [0.5, 0.6) is 0 Å². The zero-order valence-corrected chi connectivity index (χ0v) is 12.6. The summed E-state index contributed by atoms with van der Waals surface area (Å²) in [5, 5.41) is 12.4. The predicted octanol–water partition coefficient (Wildman–Crippen LogP) is 3.08. The molecule has 0 aliphatic carbocycles. The Hall–Kier alpha value is -1.37. The number of benzene rings is 1. The van der Waals surface area contributed by atoms with Crippen molar-refractivity contribution in [1.29, 1.82) is 5.26 Å². The van der Waals surface area contributed by atoms with Crippen molar-refractivity contribution in [2.24, 2.45) is 0 Å². The van der Waals surface area contributed by atoms with Crippen molar-refractivity contribution in [3.05, 3.63) is 35.4 Å². The highest BCUT2D eigenvalue weighted by molar-refractivity contribution is 5.32. The van der Waals surface area contributed by atoms with Crippen molar-refractivity contribution in [3.8, 4) is 6.07 Å². The number of nitrogens with zero attached hydrogens (tertiary/aromatic N) is 2. The van der Waals surface area contributed by atoms with E-state index in [1.54, 1.807) is 0 Å². The van der Waals surface area contributed by atoms with E-state index in [1.165, 1.54) is 37.9 Å². The Labute approximate surface area is 122 Å². The number of nitriles is 1. The lowest BCUT2D eigenvalue weighted by molar-refractivity contribution is 0.168. The Balaban J connectivity index is 1.81. The molecule has 1 aromatic carbocycles. The van der Waals surface area contributed by atoms with Crippen molar-refractivity contribution in [2.45, 2.75) is 45.2 Å². The first-order valence-electron chi connectivity index (χ1n) is 7.68. The Morgan fingerprint density at radius 2 is 1.80 bits per heavy atom. The maximum atomic E-state index is 8.82. The maximum Gasteiger partial charge on any atom is 0.0991 e. The van der Waals surface area contributed by atoms with Crippen LogP contribution in [0, 0.1) is 11.3 Å². The topological polar surface area (TPSA) is 39.1 Å². The third-order valence-corrected chi connectivity index (χ3v) is 4.27. The first-order chi connectivity index (χ1) is 9.70. The van der Waals surface area contributed by atoms with Gasteiger partial charge < -0.3 is 5.32 Å². The third-order valence-electron chi connectivity index (χ3n) is 4.27. The van der Waals surface area contributed by atoms with E-state index < -0.39 is 0 Å². The summed E-state index contributed by atoms with van der Waals surface area (Å²) in [7, 11) is 0. The van der Waals surface area contributed by atoms with Crippen LogP contribution in [0.25, 0.3) is 0 Å². The highest BCUT2D eigenvalue weighted by atomic mass is 15.2. The Bertz CT molecular complexity index is 440. The van der Waals surface area contributed by atoms with Gasteiger partial charge >= 0.3 is 0 Å². The summed E-state index contributed by atoms with van der Waals surface area (Å²) in [6.07, 6.45) is 4.07. The molecule has 0 saturated carbocycles. The van der Waals surface area contributed by atoms with Crippen LogP contribution in [-0.2, 0) is 0 Å². The lowest BCUT2D eigenvalue weighted by Crippen LogP contribution is -2.43. The Morgan fingerprint density at radius 1 is 1.15 bits per heavy atom. The van der Waals surface area contributed by atoms with Crippen LogP contribution in [0.2, 0.25) is 0 Å². The van der Waals surface area contributed by atoms with Gasteiger partial charge in [-0.1, -0.05) is 18.6 Å². The molecular weight excluding hydrogens is 246 g/mol. The normalized spacial score (nSPS) is 19.2. The van der Waals surface area contributed by atoms with Crippen LogP contribution in [0.15, 0.2) is 24.3 Å². The zero-order valence-electron chi connectivity index (χ0n) is 12.6. The minimum absolute atomic E-state index is 0.329. The van der Waals surface area contributed by atoms with Gasteiger partial charge in [-0.05, 0) is 57.5 Å². The standard InChI is InChI=1S/C17H25N3/c1-14(20-10-4-3-5-11-20)13-19-15(2)17-8-6-16(12-18)7-9-17/h6-9,14-15,19H,3-5,10-11,13H2,1-2H3. The van der Waals surface area contributed by atoms with Gasteiger partial charge in [0, 0.05) is 18.6 Å². The van der Waals surface area contributed by atoms with Crippen LogP contribution >= 0.6 is 0 Å². The van der Waals surface area contributed by atoms with Gasteiger partial charge in [0.15, 0.2) is 0 Å². The van der Waals surface area contributed by atoms with E-state index in [2.05, 4.69) is 30.1 Å². The van der Waals surface area contributed by atoms with Gasteiger partial charge in [-0.2, -0.15) is 5.26 Å². The zero-order chi connectivity index (χ0) is 14.4. The van der Waals surface area contributed by atoms with Gasteiger partial charge in [-0.3, -0.25) is 4.90 Å². The van der Waals surface area contributed by atoms with Gasteiger partial charge in [0.25, 0.3) is 0 Å². The molecule has 1 heterocycles. The smallest absolute Gasteiger partial charge is 0.0991 e. The Morgan fingerprint density at radius 3 is 2.40 bits per heavy atom. The molecule has 0 radical (unpaired) electrons. The lowest BCUT2D eigenvalue weighted by atomic mass is 10.1. The molecule has 1 aromatic rings. The van der Waals surface area contributed by atoms with Crippen LogP contribution in [0.1, 0.15) is 50.3 Å². The van der Waals surface area contributed by atoms with Crippen LogP contribution in [-0.4, -0.2) is 30.6 Å². The minimum atomic E-state index is 0.329. The van der Waals surface area contributed by atoms with E-state index in [-0.39, 0.29) is 0 Å². The molecule has 1 N–H and O–H groups in total. The van der Waals surface area contributed by atoms with Crippen LogP contribution in [0.4, 0.5) is 0 Å². The molecule has 1 aliphatic rings. The fraction of sp³-hybridized carbons (Fsp3) is 0.588. The third kappa shape index (κ3) is 4.06. The minimum Gasteiger partial charge on any atom is -0.309 e. The van der Waals surface area contributed by atoms with E-state index in [4.69, 9.17) is 5.26 Å². The molecule has 2 atom stereocenters. The average molecular weight is 271 g/mol. The molecule has 1 fully saturated rings. The fourth-order valence-electron chi connectivity index (χ4n) is 2.80. The molecule has 2 unspecified atom stereocenters. The van der Waals surface area contributed by atoms with Crippen molar-refractivity contribution >= 4 is 0 Å². The second kappa shape index (κ2) is 7.42. The molecule has 0 aromatic heterocycles. The molecule has 3 nitrogen and oxygen atoms in total. The summed E-state index contributed by atoms with van der Waals surface area (Å²) in [4.78, 5) is 2.59. The van der Waals surface area contributed by atoms with Crippen molar-refractivity contribution in [2.75, 3.05) is 19.6 Å². The van der Waals surface area contributed by atoms with Crippen LogP contribution < -0.4 is 5.32 Å². The number of likely N-dealkylation sites (tertiary alicyclic amines) is 1. The largest absolute Gasteiger partial charge is 0.309 e. The fourth-order valence-corrected chi connectivity index (χ4v) is 2.80. The molecule has 1 saturated heterocycles. The molecule has 1 aliphatic heterocycles. The van der Waals surface area contributed by atoms with E-state index >= 15 is 0 Å².